The molecule has 87 heavy (non-hydrogen) atoms. The number of carbonyl (C=O) groups is 13. The minimum absolute atomic E-state index is 0.0892. The molecule has 35 heteroatoms. The van der Waals surface area contributed by atoms with Crippen molar-refractivity contribution in [2.24, 2.45) is 0 Å². The van der Waals surface area contributed by atoms with E-state index in [0.717, 1.165) is 90.0 Å². The van der Waals surface area contributed by atoms with Crippen molar-refractivity contribution in [2.75, 3.05) is 38.4 Å². The Morgan fingerprint density at radius 2 is 0.575 bits per heavy atom. The fraction of sp³-hybridized carbons (Fsp3) is 0.750. The Hall–Kier alpha value is -6.73. The number of carbonyl (C=O) groups excluding carboxylic acids is 13. The molecule has 0 aromatic carbocycles. The van der Waals surface area contributed by atoms with E-state index in [2.05, 4.69) is 21.2 Å². The molecular formula is C52H72BrNO33. The van der Waals surface area contributed by atoms with Crippen LogP contribution in [0.5, 0.6) is 0 Å². The largest absolute Gasteiger partial charge is 0.463 e. The summed E-state index contributed by atoms with van der Waals surface area (Å²) in [7, 11) is 0. The molecule has 1 amide bonds. The highest BCUT2D eigenvalue weighted by atomic mass is 79.9. The molecule has 0 aromatic heterocycles. The summed E-state index contributed by atoms with van der Waals surface area (Å²) < 4.78 is 118. The van der Waals surface area contributed by atoms with Crippen molar-refractivity contribution in [1.29, 1.82) is 0 Å². The van der Waals surface area contributed by atoms with Crippen LogP contribution in [0.25, 0.3) is 0 Å². The first-order chi connectivity index (χ1) is 40.8. The SMILES string of the molecule is CC(=O)N[C@H]1[C@H](O[C@H]2[C@@H](OC(C)=O)[C@@H](COC(C)=O)O[C@H](O[C@@H]3[C@H](OC(C)=O)[C@@H](OC(C)=O)[C@H](O[C@H]4[C@H](OC(C)=O)[C@@H](OC(C)=O)[C@H](OCCBr)O[C@@H]4COC(C)=O)O[C@@H]3COC(C)=O)[C@@H]2OC(C)=O)O[C@H](COC(C)=O)[C@H](OC(C)=O)[C@@H]1OC(C)=O. The maximum Gasteiger partial charge on any atom is 0.303 e. The molecule has 0 saturated carbocycles. The topological polar surface area (TPSA) is 419 Å². The van der Waals surface area contributed by atoms with Crippen molar-refractivity contribution in [2.45, 2.75) is 213 Å². The number of ether oxygens (including phenoxy) is 20. The van der Waals surface area contributed by atoms with Gasteiger partial charge in [-0.3, -0.25) is 62.3 Å². The van der Waals surface area contributed by atoms with Gasteiger partial charge in [-0.05, 0) is 0 Å². The number of alkyl halides is 1. The van der Waals surface area contributed by atoms with Gasteiger partial charge in [-0.2, -0.15) is 0 Å². The van der Waals surface area contributed by atoms with Crippen LogP contribution in [-0.4, -0.2) is 239 Å². The molecule has 4 heterocycles. The van der Waals surface area contributed by atoms with E-state index in [4.69, 9.17) is 94.7 Å². The molecule has 490 valence electrons. The first kappa shape index (κ1) is 72.7. The molecule has 34 nitrogen and oxygen atoms in total. The molecular weight excluding hydrogens is 1250 g/mol. The second kappa shape index (κ2) is 34.1. The average Bonchev–Trinajstić information content (AvgIpc) is 1.18. The zero-order valence-electron chi connectivity index (χ0n) is 49.6. The van der Waals surface area contributed by atoms with Crippen molar-refractivity contribution in [3.05, 3.63) is 0 Å². The first-order valence-electron chi connectivity index (χ1n) is 26.7. The Labute approximate surface area is 505 Å². The van der Waals surface area contributed by atoms with Gasteiger partial charge in [0.1, 0.15) is 75.2 Å². The number of rotatable bonds is 26. The van der Waals surface area contributed by atoms with E-state index < -0.39 is 227 Å². The van der Waals surface area contributed by atoms with Crippen LogP contribution in [0.15, 0.2) is 0 Å². The molecule has 1 N–H and O–H groups in total. The Morgan fingerprint density at radius 1 is 0.310 bits per heavy atom. The predicted molar refractivity (Wildman–Crippen MR) is 278 cm³/mol. The summed E-state index contributed by atoms with van der Waals surface area (Å²) in [6.45, 7) is 9.43. The number of esters is 12. The highest BCUT2D eigenvalue weighted by molar-refractivity contribution is 9.09. The fourth-order valence-electron chi connectivity index (χ4n) is 9.44. The Balaban J connectivity index is 2.03. The second-order valence-corrected chi connectivity index (χ2v) is 20.4. The first-order valence-corrected chi connectivity index (χ1v) is 27.9. The summed E-state index contributed by atoms with van der Waals surface area (Å²) in [6.07, 6.45) is -35.7. The van der Waals surface area contributed by atoms with Gasteiger partial charge in [-0.1, -0.05) is 15.9 Å². The third-order valence-electron chi connectivity index (χ3n) is 12.2. The van der Waals surface area contributed by atoms with Gasteiger partial charge in [-0.15, -0.1) is 0 Å². The smallest absolute Gasteiger partial charge is 0.303 e. The van der Waals surface area contributed by atoms with Crippen LogP contribution >= 0.6 is 15.9 Å². The predicted octanol–water partition coefficient (Wildman–Crippen LogP) is -1.34. The molecule has 0 radical (unpaired) electrons. The van der Waals surface area contributed by atoms with Crippen LogP contribution in [-0.2, 0) is 157 Å². The average molecular weight is 1320 g/mol. The number of nitrogens with one attached hydrogen (secondary N) is 1. The van der Waals surface area contributed by atoms with Gasteiger partial charge >= 0.3 is 71.6 Å². The van der Waals surface area contributed by atoms with Crippen LogP contribution in [0.2, 0.25) is 0 Å². The summed E-state index contributed by atoms with van der Waals surface area (Å²) in [5.41, 5.74) is 0. The van der Waals surface area contributed by atoms with Crippen molar-refractivity contribution >= 4 is 93.5 Å². The van der Waals surface area contributed by atoms with Crippen LogP contribution in [0.1, 0.15) is 90.0 Å². The molecule has 4 aliphatic heterocycles. The maximum absolute atomic E-state index is 13.4. The minimum atomic E-state index is -2.22. The lowest BCUT2D eigenvalue weighted by molar-refractivity contribution is -0.386. The summed E-state index contributed by atoms with van der Waals surface area (Å²) in [5, 5.41) is 2.71. The molecule has 4 fully saturated rings. The number of halogens is 1. The number of hydrogen-bond donors (Lipinski definition) is 1. The second-order valence-electron chi connectivity index (χ2n) is 19.6. The monoisotopic (exact) mass is 1320 g/mol. The van der Waals surface area contributed by atoms with Gasteiger partial charge in [-0.25, -0.2) is 0 Å². The van der Waals surface area contributed by atoms with E-state index in [1.165, 1.54) is 0 Å². The Bertz CT molecular complexity index is 2480. The third kappa shape index (κ3) is 22.4. The van der Waals surface area contributed by atoms with Crippen LogP contribution in [0.3, 0.4) is 0 Å². The van der Waals surface area contributed by atoms with E-state index in [9.17, 15) is 62.3 Å². The van der Waals surface area contributed by atoms with Crippen molar-refractivity contribution in [1.82, 2.24) is 5.32 Å². The Morgan fingerprint density at radius 3 is 0.908 bits per heavy atom. The van der Waals surface area contributed by atoms with Gasteiger partial charge in [0.15, 0.2) is 74.0 Å². The van der Waals surface area contributed by atoms with E-state index in [1.54, 1.807) is 0 Å². The number of amides is 1. The summed E-state index contributed by atoms with van der Waals surface area (Å²) in [4.78, 5) is 167. The molecule has 0 spiro atoms. The summed E-state index contributed by atoms with van der Waals surface area (Å²) in [5.74, 6) is -12.8. The van der Waals surface area contributed by atoms with Gasteiger partial charge in [0.05, 0.1) is 6.61 Å². The Kier molecular flexibility index (Phi) is 28.5. The maximum atomic E-state index is 13.4. The molecule has 4 aliphatic rings. The fourth-order valence-corrected chi connectivity index (χ4v) is 9.63. The van der Waals surface area contributed by atoms with E-state index >= 15 is 0 Å². The zero-order chi connectivity index (χ0) is 65.1. The lowest BCUT2D eigenvalue weighted by atomic mass is 9.94. The van der Waals surface area contributed by atoms with E-state index in [-0.39, 0.29) is 11.9 Å². The van der Waals surface area contributed by atoms with Gasteiger partial charge in [0.25, 0.3) is 0 Å². The van der Waals surface area contributed by atoms with Crippen molar-refractivity contribution < 1.29 is 157 Å². The van der Waals surface area contributed by atoms with Crippen molar-refractivity contribution in [3.63, 3.8) is 0 Å². The van der Waals surface area contributed by atoms with Crippen LogP contribution in [0, 0.1) is 0 Å². The number of hydrogen-bond acceptors (Lipinski definition) is 33. The molecule has 0 aliphatic carbocycles. The van der Waals surface area contributed by atoms with Crippen molar-refractivity contribution in [3.8, 4) is 0 Å². The molecule has 4 saturated heterocycles. The van der Waals surface area contributed by atoms with Gasteiger partial charge in [0, 0.05) is 95.3 Å². The quantitative estimate of drug-likeness (QED) is 0.0595. The zero-order valence-corrected chi connectivity index (χ0v) is 51.2. The molecule has 0 unspecified atom stereocenters. The van der Waals surface area contributed by atoms with E-state index in [0.29, 0.717) is 0 Å². The summed E-state index contributed by atoms with van der Waals surface area (Å²) in [6, 6.07) is -1.75. The molecule has 20 atom stereocenters. The molecule has 0 aromatic rings. The minimum Gasteiger partial charge on any atom is -0.463 e. The highest BCUT2D eigenvalue weighted by Crippen LogP contribution is 2.40. The van der Waals surface area contributed by atoms with Gasteiger partial charge in [0.2, 0.25) is 5.91 Å². The molecule has 0 bridgehead atoms. The normalized spacial score (nSPS) is 32.0. The highest BCUT2D eigenvalue weighted by Gasteiger charge is 2.61. The standard InChI is InChI=1S/C52H72BrNO33/c1-20(55)54-37-42(75-27(8)62)38(73-25(6)60)33(16-69-21(2)56)81-49(37)87-45-39(74-26(7)61)34(17-70-22(3)57)83-52(48(45)80-32(13)67)86-41-36(19-72-24(5)59)84-51(47(79-31(12)66)44(41)77-29(10)64)85-40-35(18-71-23(4)58)82-50(68-15-14-53)46(78-30(11)65)43(40)76-28(9)63/h33-52H,14-19H2,1-13H3,(H,54,55)/t33-,34-,35-,36-,37-,38+,39+,40-,41+,42-,43+,44+,45+,46-,47-,48-,49+,50-,51+,52-/m1/s1. The lowest BCUT2D eigenvalue weighted by Crippen LogP contribution is -2.70. The van der Waals surface area contributed by atoms with Crippen LogP contribution < -0.4 is 5.32 Å². The third-order valence-corrected chi connectivity index (χ3v) is 12.6. The van der Waals surface area contributed by atoms with E-state index in [1.807, 2.05) is 0 Å². The van der Waals surface area contributed by atoms with Crippen LogP contribution in [0.4, 0.5) is 0 Å². The lowest BCUT2D eigenvalue weighted by Gasteiger charge is -2.51. The molecule has 4 rings (SSSR count). The summed E-state index contributed by atoms with van der Waals surface area (Å²) >= 11 is 3.22. The van der Waals surface area contributed by atoms with Gasteiger partial charge < -0.3 is 100 Å².